The lowest BCUT2D eigenvalue weighted by atomic mass is 9.98. The van der Waals surface area contributed by atoms with Crippen LogP contribution in [-0.2, 0) is 16.4 Å². The van der Waals surface area contributed by atoms with Gasteiger partial charge < -0.3 is 26.5 Å². The molecule has 0 spiro atoms. The lowest BCUT2D eigenvalue weighted by Crippen LogP contribution is -3.00. The molecule has 0 aliphatic rings. The van der Waals surface area contributed by atoms with Gasteiger partial charge in [0, 0.05) is 29.6 Å². The molecule has 0 radical (unpaired) electrons. The van der Waals surface area contributed by atoms with Gasteiger partial charge in [-0.25, -0.2) is 8.42 Å². The number of carbonyl (C=O) groups excluding carboxylic acids is 1. The molecule has 1 N–H and O–H groups in total. The van der Waals surface area contributed by atoms with Gasteiger partial charge in [0.25, 0.3) is 0 Å². The van der Waals surface area contributed by atoms with E-state index in [9.17, 15) is 13.2 Å². The average molecular weight is 593 g/mol. The summed E-state index contributed by atoms with van der Waals surface area (Å²) in [6.45, 7) is 10.5. The van der Waals surface area contributed by atoms with Crippen LogP contribution in [0.25, 0.3) is 11.0 Å². The number of sulfonamides is 1. The SMILES string of the molecule is CCCCc1oc2ccc(NS(C)(=O)=O)cc2c1C(=O)c1ccc(OCCCN(CCCC)CCCC)cc1.[Cl-].[H+]. The zero-order valence-corrected chi connectivity index (χ0v) is 25.9. The van der Waals surface area contributed by atoms with E-state index in [4.69, 9.17) is 9.15 Å². The van der Waals surface area contributed by atoms with E-state index in [1.807, 2.05) is 12.1 Å². The van der Waals surface area contributed by atoms with E-state index >= 15 is 0 Å². The first-order valence-electron chi connectivity index (χ1n) is 14.3. The molecule has 7 nitrogen and oxygen atoms in total. The number of hydrogen-bond donors (Lipinski definition) is 1. The van der Waals surface area contributed by atoms with Crippen molar-refractivity contribution in [1.29, 1.82) is 0 Å². The molecule has 9 heteroatoms. The van der Waals surface area contributed by atoms with Crippen molar-refractivity contribution >= 4 is 32.5 Å². The van der Waals surface area contributed by atoms with Crippen molar-refractivity contribution in [3.05, 3.63) is 59.4 Å². The van der Waals surface area contributed by atoms with Crippen molar-refractivity contribution in [3.63, 3.8) is 0 Å². The Bertz CT molecular complexity index is 1300. The average Bonchev–Trinajstić information content (AvgIpc) is 3.27. The molecule has 0 unspecified atom stereocenters. The Morgan fingerprint density at radius 2 is 1.55 bits per heavy atom. The maximum atomic E-state index is 13.7. The molecule has 0 aliphatic carbocycles. The van der Waals surface area contributed by atoms with Crippen LogP contribution in [0.2, 0.25) is 0 Å². The van der Waals surface area contributed by atoms with E-state index < -0.39 is 10.0 Å². The summed E-state index contributed by atoms with van der Waals surface area (Å²) in [4.78, 5) is 16.2. The molecular formula is C31H45ClN2O5S. The highest BCUT2D eigenvalue weighted by Crippen LogP contribution is 2.32. The summed E-state index contributed by atoms with van der Waals surface area (Å²) in [5, 5.41) is 0.607. The number of rotatable bonds is 18. The number of aryl methyl sites for hydroxylation is 1. The number of ketones is 1. The van der Waals surface area contributed by atoms with Crippen molar-refractivity contribution in [2.45, 2.75) is 72.1 Å². The number of halogens is 1. The number of hydrogen-bond acceptors (Lipinski definition) is 6. The fraction of sp³-hybridized carbons (Fsp3) is 0.516. The molecular weight excluding hydrogens is 548 g/mol. The third kappa shape index (κ3) is 10.1. The molecule has 3 rings (SSSR count). The van der Waals surface area contributed by atoms with Gasteiger partial charge in [0.05, 0.1) is 18.4 Å². The summed E-state index contributed by atoms with van der Waals surface area (Å²) in [5.74, 6) is 1.22. The van der Waals surface area contributed by atoms with Crippen LogP contribution in [0.5, 0.6) is 5.75 Å². The minimum atomic E-state index is -3.45. The largest absolute Gasteiger partial charge is 1.00 e. The molecule has 0 amide bonds. The highest BCUT2D eigenvalue weighted by Gasteiger charge is 2.22. The van der Waals surface area contributed by atoms with Crippen LogP contribution in [0.15, 0.2) is 46.9 Å². The quantitative estimate of drug-likeness (QED) is 0.176. The number of nitrogens with zero attached hydrogens (tertiary/aromatic N) is 1. The van der Waals surface area contributed by atoms with E-state index in [-0.39, 0.29) is 19.6 Å². The molecule has 0 atom stereocenters. The summed E-state index contributed by atoms with van der Waals surface area (Å²) in [5.41, 5.74) is 1.99. The monoisotopic (exact) mass is 592 g/mol. The van der Waals surface area contributed by atoms with E-state index in [1.165, 1.54) is 25.7 Å². The van der Waals surface area contributed by atoms with Crippen LogP contribution in [0.4, 0.5) is 5.69 Å². The number of unbranched alkanes of at least 4 members (excludes halogenated alkanes) is 3. The number of ether oxygens (including phenoxy) is 1. The second-order valence-corrected chi connectivity index (χ2v) is 11.9. The summed E-state index contributed by atoms with van der Waals surface area (Å²) in [6, 6.07) is 12.3. The van der Waals surface area contributed by atoms with Gasteiger partial charge in [-0.3, -0.25) is 9.52 Å². The van der Waals surface area contributed by atoms with E-state index in [0.29, 0.717) is 46.6 Å². The Hall–Kier alpha value is -2.55. The topological polar surface area (TPSA) is 88.8 Å². The summed E-state index contributed by atoms with van der Waals surface area (Å²) in [7, 11) is -3.45. The van der Waals surface area contributed by atoms with Crippen LogP contribution in [0, 0.1) is 0 Å². The van der Waals surface area contributed by atoms with Crippen molar-refractivity contribution in [2.24, 2.45) is 0 Å². The van der Waals surface area contributed by atoms with Crippen molar-refractivity contribution < 1.29 is 36.2 Å². The van der Waals surface area contributed by atoms with Gasteiger partial charge in [-0.15, -0.1) is 0 Å². The first-order valence-corrected chi connectivity index (χ1v) is 16.2. The lowest BCUT2D eigenvalue weighted by molar-refractivity contribution is -0.0000191. The van der Waals surface area contributed by atoms with E-state index in [2.05, 4.69) is 30.4 Å². The molecule has 0 fully saturated rings. The van der Waals surface area contributed by atoms with Crippen LogP contribution in [0.1, 0.15) is 88.8 Å². The second kappa shape index (κ2) is 16.7. The highest BCUT2D eigenvalue weighted by atomic mass is 35.5. The van der Waals surface area contributed by atoms with Crippen LogP contribution in [-0.4, -0.2) is 51.6 Å². The Morgan fingerprint density at radius 1 is 0.925 bits per heavy atom. The number of furan rings is 1. The van der Waals surface area contributed by atoms with Crippen LogP contribution in [0.3, 0.4) is 0 Å². The number of carbonyl (C=O) groups is 1. The zero-order valence-electron chi connectivity index (χ0n) is 25.3. The Balaban J connectivity index is 0.00000420. The number of benzene rings is 2. The van der Waals surface area contributed by atoms with Gasteiger partial charge in [-0.05, 0) is 81.2 Å². The smallest absolute Gasteiger partial charge is 1.00 e. The third-order valence-corrected chi connectivity index (χ3v) is 7.31. The van der Waals surface area contributed by atoms with Gasteiger partial charge in [-0.1, -0.05) is 40.0 Å². The summed E-state index contributed by atoms with van der Waals surface area (Å²) < 4.78 is 38.0. The van der Waals surface area contributed by atoms with Crippen LogP contribution < -0.4 is 21.9 Å². The minimum absolute atomic E-state index is 0. The van der Waals surface area contributed by atoms with E-state index in [1.54, 1.807) is 30.3 Å². The maximum Gasteiger partial charge on any atom is 1.00 e. The Morgan fingerprint density at radius 3 is 2.15 bits per heavy atom. The summed E-state index contributed by atoms with van der Waals surface area (Å²) in [6.07, 6.45) is 9.40. The molecule has 0 saturated carbocycles. The van der Waals surface area contributed by atoms with Crippen molar-refractivity contribution in [2.75, 3.05) is 37.2 Å². The van der Waals surface area contributed by atoms with Gasteiger partial charge >= 0.3 is 1.43 Å². The van der Waals surface area contributed by atoms with Gasteiger partial charge in [-0.2, -0.15) is 0 Å². The lowest BCUT2D eigenvalue weighted by Gasteiger charge is -2.21. The molecule has 0 saturated heterocycles. The van der Waals surface area contributed by atoms with E-state index in [0.717, 1.165) is 50.9 Å². The minimum Gasteiger partial charge on any atom is -1.00 e. The highest BCUT2D eigenvalue weighted by molar-refractivity contribution is 7.92. The molecule has 1 heterocycles. The molecule has 1 aromatic heterocycles. The van der Waals surface area contributed by atoms with Gasteiger partial charge in [0.1, 0.15) is 17.1 Å². The number of nitrogens with one attached hydrogen (secondary N) is 1. The van der Waals surface area contributed by atoms with Gasteiger partial charge in [0.15, 0.2) is 5.78 Å². The standard InChI is InChI=1S/C31H44N2O5S.ClH/c1-5-8-12-29-30(27-23-25(32-39(4,35)36)15-18-28(27)38-29)31(34)24-13-16-26(17-14-24)37-22-11-21-33(19-9-6-2)20-10-7-3;/h13-18,23,32H,5-12,19-22H2,1-4H3;1H. The fourth-order valence-electron chi connectivity index (χ4n) is 4.61. The normalized spacial score (nSPS) is 11.5. The molecule has 40 heavy (non-hydrogen) atoms. The molecule has 3 aromatic rings. The fourth-order valence-corrected chi connectivity index (χ4v) is 5.17. The molecule has 222 valence electrons. The van der Waals surface area contributed by atoms with Crippen LogP contribution >= 0.6 is 0 Å². The second-order valence-electron chi connectivity index (χ2n) is 10.2. The summed E-state index contributed by atoms with van der Waals surface area (Å²) >= 11 is 0. The maximum absolute atomic E-state index is 13.7. The van der Waals surface area contributed by atoms with Crippen molar-refractivity contribution in [1.82, 2.24) is 4.90 Å². The first kappa shape index (κ1) is 33.7. The van der Waals surface area contributed by atoms with Crippen molar-refractivity contribution in [3.8, 4) is 5.75 Å². The third-order valence-electron chi connectivity index (χ3n) is 6.71. The molecule has 0 bridgehead atoms. The Kier molecular flexibility index (Phi) is 14.0. The molecule has 0 aliphatic heterocycles. The Labute approximate surface area is 247 Å². The number of fused-ring (bicyclic) bond motifs is 1. The predicted molar refractivity (Wildman–Crippen MR) is 161 cm³/mol. The zero-order chi connectivity index (χ0) is 28.3. The van der Waals surface area contributed by atoms with Gasteiger partial charge in [0.2, 0.25) is 10.0 Å². The predicted octanol–water partition coefficient (Wildman–Crippen LogP) is 4.17. The number of anilines is 1. The first-order chi connectivity index (χ1) is 18.8. The molecule has 2 aromatic carbocycles.